The van der Waals surface area contributed by atoms with Gasteiger partial charge in [0.15, 0.2) is 0 Å². The third-order valence-corrected chi connectivity index (χ3v) is 6.71. The lowest BCUT2D eigenvalue weighted by Gasteiger charge is -2.38. The van der Waals surface area contributed by atoms with Crippen molar-refractivity contribution < 1.29 is 5.11 Å². The topological polar surface area (TPSA) is 84.9 Å². The minimum Gasteiger partial charge on any atom is -0.382 e. The number of benzene rings is 3. The number of aromatic nitrogens is 6. The Bertz CT molecular complexity index is 1530. The van der Waals surface area contributed by atoms with Gasteiger partial charge in [0.25, 0.3) is 5.95 Å². The predicted molar refractivity (Wildman–Crippen MR) is 133 cm³/mol. The zero-order valence-corrected chi connectivity index (χ0v) is 20.0. The van der Waals surface area contributed by atoms with E-state index in [2.05, 4.69) is 20.5 Å². The molecule has 10 heteroatoms. The Labute approximate surface area is 211 Å². The summed E-state index contributed by atoms with van der Waals surface area (Å²) in [5, 5.41) is 25.0. The highest BCUT2D eigenvalue weighted by molar-refractivity contribution is 6.31. The van der Waals surface area contributed by atoms with Gasteiger partial charge in [-0.1, -0.05) is 46.5 Å². The number of rotatable bonds is 4. The van der Waals surface area contributed by atoms with Crippen LogP contribution in [0.5, 0.6) is 0 Å². The normalized spacial score (nSPS) is 15.5. The summed E-state index contributed by atoms with van der Waals surface area (Å²) in [5.74, 6) is 0.560. The van der Waals surface area contributed by atoms with E-state index >= 15 is 0 Å². The van der Waals surface area contributed by atoms with Gasteiger partial charge in [-0.3, -0.25) is 4.90 Å². The molecule has 2 unspecified atom stereocenters. The lowest BCUT2D eigenvalue weighted by atomic mass is 9.91. The summed E-state index contributed by atoms with van der Waals surface area (Å²) in [7, 11) is 1.86. The SMILES string of the molecule is Cn1cncc1C(O)c1ccc2c(c1)C(c1cccc(Cl)c1)N(c1ccc(Cl)cc1)c1nnnn1-2. The molecule has 6 rings (SSSR count). The smallest absolute Gasteiger partial charge is 0.255 e. The van der Waals surface area contributed by atoms with Gasteiger partial charge in [0.05, 0.1) is 29.9 Å². The fraction of sp³-hybridized carbons (Fsp3) is 0.120. The van der Waals surface area contributed by atoms with Crippen LogP contribution >= 0.6 is 23.2 Å². The molecular weight excluding hydrogens is 485 g/mol. The molecule has 8 nitrogen and oxygen atoms in total. The van der Waals surface area contributed by atoms with E-state index in [1.807, 2.05) is 78.7 Å². The van der Waals surface area contributed by atoms with Crippen molar-refractivity contribution in [2.24, 2.45) is 7.05 Å². The number of aliphatic hydroxyl groups excluding tert-OH is 1. The standard InChI is InChI=1S/C25H19Cl2N7O/c1-32-14-28-13-22(32)24(35)16-5-10-21-20(12-16)23(15-3-2-4-18(27)11-15)33(25-29-30-31-34(21)25)19-8-6-17(26)7-9-19/h2-14,23-24,35H,1H3. The van der Waals surface area contributed by atoms with Crippen molar-refractivity contribution in [1.29, 1.82) is 0 Å². The van der Waals surface area contributed by atoms with E-state index in [0.29, 0.717) is 21.7 Å². The van der Waals surface area contributed by atoms with Gasteiger partial charge < -0.3 is 9.67 Å². The average Bonchev–Trinajstić information content (AvgIpc) is 3.52. The van der Waals surface area contributed by atoms with Crippen molar-refractivity contribution in [3.63, 3.8) is 0 Å². The van der Waals surface area contributed by atoms with Crippen LogP contribution in [0.25, 0.3) is 5.69 Å². The molecule has 0 aliphatic carbocycles. The number of fused-ring (bicyclic) bond motifs is 3. The summed E-state index contributed by atoms with van der Waals surface area (Å²) in [5.41, 5.74) is 4.97. The third kappa shape index (κ3) is 3.67. The Morgan fingerprint density at radius 2 is 1.80 bits per heavy atom. The second kappa shape index (κ2) is 8.49. The third-order valence-electron chi connectivity index (χ3n) is 6.22. The van der Waals surface area contributed by atoms with E-state index in [0.717, 1.165) is 28.1 Å². The highest BCUT2D eigenvalue weighted by Gasteiger charge is 2.36. The summed E-state index contributed by atoms with van der Waals surface area (Å²) in [6, 6.07) is 20.7. The fourth-order valence-electron chi connectivity index (χ4n) is 4.57. The van der Waals surface area contributed by atoms with Gasteiger partial charge in [-0.2, -0.15) is 4.68 Å². The monoisotopic (exact) mass is 503 g/mol. The summed E-state index contributed by atoms with van der Waals surface area (Å²) >= 11 is 12.6. The first-order valence-electron chi connectivity index (χ1n) is 10.9. The Morgan fingerprint density at radius 3 is 2.54 bits per heavy atom. The first kappa shape index (κ1) is 21.8. The maximum atomic E-state index is 11.2. The average molecular weight is 504 g/mol. The molecule has 0 saturated carbocycles. The molecule has 3 heterocycles. The minimum atomic E-state index is -0.855. The highest BCUT2D eigenvalue weighted by Crippen LogP contribution is 2.45. The number of nitrogens with zero attached hydrogens (tertiary/aromatic N) is 7. The largest absolute Gasteiger partial charge is 0.382 e. The molecule has 0 amide bonds. The van der Waals surface area contributed by atoms with E-state index in [4.69, 9.17) is 23.2 Å². The molecule has 0 fully saturated rings. The number of hydrogen-bond donors (Lipinski definition) is 1. The Hall–Kier alpha value is -3.72. The van der Waals surface area contributed by atoms with E-state index < -0.39 is 6.10 Å². The molecule has 35 heavy (non-hydrogen) atoms. The van der Waals surface area contributed by atoms with E-state index in [1.165, 1.54) is 0 Å². The molecule has 2 atom stereocenters. The molecule has 1 N–H and O–H groups in total. The fourth-order valence-corrected chi connectivity index (χ4v) is 4.90. The zero-order chi connectivity index (χ0) is 24.1. The maximum Gasteiger partial charge on any atom is 0.255 e. The minimum absolute atomic E-state index is 0.318. The zero-order valence-electron chi connectivity index (χ0n) is 18.5. The highest BCUT2D eigenvalue weighted by atomic mass is 35.5. The van der Waals surface area contributed by atoms with Gasteiger partial charge >= 0.3 is 0 Å². The summed E-state index contributed by atoms with van der Waals surface area (Å²) < 4.78 is 3.50. The van der Waals surface area contributed by atoms with Gasteiger partial charge in [-0.25, -0.2) is 4.98 Å². The maximum absolute atomic E-state index is 11.2. The second-order valence-corrected chi connectivity index (χ2v) is 9.22. The predicted octanol–water partition coefficient (Wildman–Crippen LogP) is 5.03. The van der Waals surface area contributed by atoms with Crippen molar-refractivity contribution in [2.45, 2.75) is 12.1 Å². The van der Waals surface area contributed by atoms with Crippen LogP contribution in [0.3, 0.4) is 0 Å². The van der Waals surface area contributed by atoms with Crippen molar-refractivity contribution in [3.05, 3.63) is 112 Å². The molecule has 1 aliphatic rings. The number of hydrogen-bond acceptors (Lipinski definition) is 6. The molecule has 3 aromatic carbocycles. The first-order valence-corrected chi connectivity index (χ1v) is 11.6. The molecular formula is C25H19Cl2N7O. The van der Waals surface area contributed by atoms with Crippen LogP contribution in [0.1, 0.15) is 34.5 Å². The summed E-state index contributed by atoms with van der Waals surface area (Å²) in [6.45, 7) is 0. The van der Waals surface area contributed by atoms with Gasteiger partial charge in [0.2, 0.25) is 0 Å². The number of aliphatic hydroxyl groups is 1. The number of tetrazole rings is 1. The van der Waals surface area contributed by atoms with Crippen LogP contribution in [0.2, 0.25) is 10.0 Å². The quantitative estimate of drug-likeness (QED) is 0.370. The van der Waals surface area contributed by atoms with Crippen molar-refractivity contribution >= 4 is 34.8 Å². The van der Waals surface area contributed by atoms with Crippen molar-refractivity contribution in [2.75, 3.05) is 4.90 Å². The van der Waals surface area contributed by atoms with E-state index in [9.17, 15) is 5.11 Å². The number of imidazole rings is 1. The molecule has 0 bridgehead atoms. The first-order chi connectivity index (χ1) is 17.0. The van der Waals surface area contributed by atoms with Crippen LogP contribution in [-0.4, -0.2) is 34.9 Å². The van der Waals surface area contributed by atoms with E-state index in [-0.39, 0.29) is 6.04 Å². The van der Waals surface area contributed by atoms with Gasteiger partial charge in [0, 0.05) is 28.3 Å². The molecule has 1 aliphatic heterocycles. The lowest BCUT2D eigenvalue weighted by Crippen LogP contribution is -2.32. The number of anilines is 2. The number of aryl methyl sites for hydroxylation is 1. The Morgan fingerprint density at radius 1 is 0.971 bits per heavy atom. The lowest BCUT2D eigenvalue weighted by molar-refractivity contribution is 0.211. The number of halogens is 2. The molecule has 5 aromatic rings. The summed E-state index contributed by atoms with van der Waals surface area (Å²) in [6.07, 6.45) is 2.48. The van der Waals surface area contributed by atoms with Gasteiger partial charge in [-0.05, 0) is 70.1 Å². The van der Waals surface area contributed by atoms with Crippen LogP contribution in [0.4, 0.5) is 11.6 Å². The molecule has 0 radical (unpaired) electrons. The van der Waals surface area contributed by atoms with Crippen LogP contribution in [0.15, 0.2) is 79.3 Å². The Balaban J connectivity index is 1.59. The van der Waals surface area contributed by atoms with E-state index in [1.54, 1.807) is 21.8 Å². The van der Waals surface area contributed by atoms with Crippen molar-refractivity contribution in [3.8, 4) is 5.69 Å². The van der Waals surface area contributed by atoms with Crippen LogP contribution in [0, 0.1) is 0 Å². The van der Waals surface area contributed by atoms with Crippen molar-refractivity contribution in [1.82, 2.24) is 29.8 Å². The molecule has 174 valence electrons. The van der Waals surface area contributed by atoms with Crippen LogP contribution in [-0.2, 0) is 7.05 Å². The van der Waals surface area contributed by atoms with Gasteiger partial charge in [0.1, 0.15) is 6.10 Å². The Kier molecular flexibility index (Phi) is 5.29. The molecule has 0 spiro atoms. The van der Waals surface area contributed by atoms with Gasteiger partial charge in [-0.15, -0.1) is 0 Å². The molecule has 2 aromatic heterocycles. The summed E-state index contributed by atoms with van der Waals surface area (Å²) in [4.78, 5) is 6.19. The second-order valence-electron chi connectivity index (χ2n) is 8.34. The molecule has 0 saturated heterocycles. The van der Waals surface area contributed by atoms with Crippen LogP contribution < -0.4 is 4.90 Å².